The maximum atomic E-state index is 11.9. The Bertz CT molecular complexity index is 429. The van der Waals surface area contributed by atoms with Crippen LogP contribution in [0.1, 0.15) is 53.4 Å². The number of hydrogen-bond acceptors (Lipinski definition) is 6. The maximum Gasteiger partial charge on any atom is 0.157 e. The van der Waals surface area contributed by atoms with Crippen molar-refractivity contribution >= 4 is 15.6 Å². The van der Waals surface area contributed by atoms with Crippen molar-refractivity contribution in [1.82, 2.24) is 5.32 Å². The number of nitrogens with one attached hydrogen (secondary N) is 1. The predicted octanol–water partition coefficient (Wildman–Crippen LogP) is 1.97. The van der Waals surface area contributed by atoms with Crippen molar-refractivity contribution in [2.75, 3.05) is 44.5 Å². The Kier molecular flexibility index (Phi) is 12.5. The standard InChI is InChI=1S/C17H35NO5S/c1-5-10-22-12-13-23-11-8-16(19)15-24(20,21)14-7-6-9-18-17(2,3)4/h18H,5-15H2,1-4H3. The summed E-state index contributed by atoms with van der Waals surface area (Å²) in [7, 11) is -3.31. The van der Waals surface area contributed by atoms with Gasteiger partial charge in [-0.05, 0) is 46.6 Å². The largest absolute Gasteiger partial charge is 0.379 e. The molecule has 0 bridgehead atoms. The fourth-order valence-corrected chi connectivity index (χ4v) is 3.38. The number of carbonyl (C=O) groups excluding carboxylic acids is 1. The molecule has 0 atom stereocenters. The monoisotopic (exact) mass is 365 g/mol. The molecule has 7 heteroatoms. The molecule has 0 saturated carbocycles. The normalized spacial score (nSPS) is 12.5. The minimum atomic E-state index is -3.31. The number of Topliss-reactive ketones (excluding diaryl/α,β-unsaturated/α-hetero) is 1. The van der Waals surface area contributed by atoms with Gasteiger partial charge in [-0.1, -0.05) is 6.92 Å². The summed E-state index contributed by atoms with van der Waals surface area (Å²) in [5.74, 6) is -0.594. The van der Waals surface area contributed by atoms with Gasteiger partial charge < -0.3 is 14.8 Å². The highest BCUT2D eigenvalue weighted by molar-refractivity contribution is 7.92. The van der Waals surface area contributed by atoms with Crippen LogP contribution >= 0.6 is 0 Å². The van der Waals surface area contributed by atoms with Crippen molar-refractivity contribution in [2.45, 2.75) is 58.9 Å². The molecule has 0 aromatic carbocycles. The molecule has 0 aliphatic rings. The van der Waals surface area contributed by atoms with Crippen molar-refractivity contribution < 1.29 is 22.7 Å². The zero-order valence-corrected chi connectivity index (χ0v) is 16.5. The number of rotatable bonds is 15. The van der Waals surface area contributed by atoms with Gasteiger partial charge in [0.1, 0.15) is 11.5 Å². The van der Waals surface area contributed by atoms with Crippen LogP contribution in [-0.2, 0) is 24.1 Å². The summed E-state index contributed by atoms with van der Waals surface area (Å²) in [4.78, 5) is 11.7. The number of unbranched alkanes of at least 4 members (excludes halogenated alkanes) is 1. The van der Waals surface area contributed by atoms with Gasteiger partial charge in [0.15, 0.2) is 9.84 Å². The number of ether oxygens (including phenoxy) is 2. The van der Waals surface area contributed by atoms with Crippen LogP contribution in [-0.4, -0.2) is 64.2 Å². The molecule has 0 aliphatic heterocycles. The number of carbonyl (C=O) groups is 1. The lowest BCUT2D eigenvalue weighted by Gasteiger charge is -2.20. The maximum absolute atomic E-state index is 11.9. The lowest BCUT2D eigenvalue weighted by atomic mass is 10.1. The molecule has 0 radical (unpaired) electrons. The van der Waals surface area contributed by atoms with E-state index in [9.17, 15) is 13.2 Å². The third kappa shape index (κ3) is 16.4. The molecular weight excluding hydrogens is 330 g/mol. The summed E-state index contributed by atoms with van der Waals surface area (Å²) in [5.41, 5.74) is 0.0381. The summed E-state index contributed by atoms with van der Waals surface area (Å²) in [5, 5.41) is 3.31. The van der Waals surface area contributed by atoms with E-state index in [1.807, 2.05) is 6.92 Å². The van der Waals surface area contributed by atoms with Crippen LogP contribution in [0.5, 0.6) is 0 Å². The summed E-state index contributed by atoms with van der Waals surface area (Å²) in [6.45, 7) is 10.9. The van der Waals surface area contributed by atoms with Crippen molar-refractivity contribution in [3.05, 3.63) is 0 Å². The first-order valence-electron chi connectivity index (χ1n) is 8.79. The molecular formula is C17H35NO5S. The molecule has 0 rings (SSSR count). The van der Waals surface area contributed by atoms with Gasteiger partial charge in [0.2, 0.25) is 0 Å². The van der Waals surface area contributed by atoms with Crippen LogP contribution in [0.4, 0.5) is 0 Å². The van der Waals surface area contributed by atoms with Crippen LogP contribution in [0.25, 0.3) is 0 Å². The molecule has 0 saturated heterocycles. The quantitative estimate of drug-likeness (QED) is 0.447. The average molecular weight is 366 g/mol. The predicted molar refractivity (Wildman–Crippen MR) is 97.2 cm³/mol. The fraction of sp³-hybridized carbons (Fsp3) is 0.941. The van der Waals surface area contributed by atoms with E-state index >= 15 is 0 Å². The van der Waals surface area contributed by atoms with Crippen LogP contribution in [0, 0.1) is 0 Å². The molecule has 144 valence electrons. The Morgan fingerprint density at radius 3 is 2.21 bits per heavy atom. The second-order valence-electron chi connectivity index (χ2n) is 6.99. The minimum absolute atomic E-state index is 0.0381. The number of hydrogen-bond donors (Lipinski definition) is 1. The van der Waals surface area contributed by atoms with E-state index in [-0.39, 0.29) is 35.9 Å². The lowest BCUT2D eigenvalue weighted by Crippen LogP contribution is -2.36. The summed E-state index contributed by atoms with van der Waals surface area (Å²) < 4.78 is 34.3. The Balaban J connectivity index is 3.71. The van der Waals surface area contributed by atoms with Gasteiger partial charge in [-0.3, -0.25) is 4.79 Å². The van der Waals surface area contributed by atoms with Crippen LogP contribution in [0.2, 0.25) is 0 Å². The highest BCUT2D eigenvalue weighted by atomic mass is 32.2. The Morgan fingerprint density at radius 2 is 1.62 bits per heavy atom. The first-order chi connectivity index (χ1) is 11.2. The van der Waals surface area contributed by atoms with Gasteiger partial charge in [0.05, 0.1) is 25.6 Å². The van der Waals surface area contributed by atoms with Crippen LogP contribution < -0.4 is 5.32 Å². The van der Waals surface area contributed by atoms with Crippen molar-refractivity contribution in [3.63, 3.8) is 0 Å². The molecule has 0 unspecified atom stereocenters. The molecule has 6 nitrogen and oxygen atoms in total. The minimum Gasteiger partial charge on any atom is -0.379 e. The Morgan fingerprint density at radius 1 is 1.00 bits per heavy atom. The van der Waals surface area contributed by atoms with Gasteiger partial charge in [0, 0.05) is 18.6 Å². The first kappa shape index (κ1) is 23.5. The number of sulfone groups is 1. The van der Waals surface area contributed by atoms with Crippen molar-refractivity contribution in [1.29, 1.82) is 0 Å². The van der Waals surface area contributed by atoms with E-state index in [0.717, 1.165) is 19.4 Å². The molecule has 0 amide bonds. The van der Waals surface area contributed by atoms with Gasteiger partial charge in [-0.25, -0.2) is 8.42 Å². The highest BCUT2D eigenvalue weighted by Gasteiger charge is 2.16. The van der Waals surface area contributed by atoms with Crippen LogP contribution in [0.3, 0.4) is 0 Å². The molecule has 0 aromatic rings. The first-order valence-corrected chi connectivity index (χ1v) is 10.6. The van der Waals surface area contributed by atoms with Gasteiger partial charge in [-0.2, -0.15) is 0 Å². The second kappa shape index (κ2) is 12.8. The van der Waals surface area contributed by atoms with Crippen molar-refractivity contribution in [3.8, 4) is 0 Å². The topological polar surface area (TPSA) is 81.7 Å². The van der Waals surface area contributed by atoms with E-state index < -0.39 is 9.84 Å². The SMILES string of the molecule is CCCOCCOCCC(=O)CS(=O)(=O)CCCCNC(C)(C)C. The zero-order valence-electron chi connectivity index (χ0n) is 15.7. The summed E-state index contributed by atoms with van der Waals surface area (Å²) in [6, 6.07) is 0. The van der Waals surface area contributed by atoms with Crippen LogP contribution in [0.15, 0.2) is 0 Å². The smallest absolute Gasteiger partial charge is 0.157 e. The Hall–Kier alpha value is -0.500. The van der Waals surface area contributed by atoms with Gasteiger partial charge in [0.25, 0.3) is 0 Å². The van der Waals surface area contributed by atoms with E-state index in [1.165, 1.54) is 0 Å². The zero-order chi connectivity index (χ0) is 18.5. The van der Waals surface area contributed by atoms with E-state index in [2.05, 4.69) is 26.1 Å². The van der Waals surface area contributed by atoms with E-state index in [1.54, 1.807) is 0 Å². The molecule has 0 spiro atoms. The van der Waals surface area contributed by atoms with Gasteiger partial charge in [-0.15, -0.1) is 0 Å². The molecule has 0 heterocycles. The number of ketones is 1. The lowest BCUT2D eigenvalue weighted by molar-refractivity contribution is -0.117. The fourth-order valence-electron chi connectivity index (χ4n) is 1.95. The van der Waals surface area contributed by atoms with Crippen molar-refractivity contribution in [2.24, 2.45) is 0 Å². The van der Waals surface area contributed by atoms with E-state index in [0.29, 0.717) is 26.2 Å². The van der Waals surface area contributed by atoms with Gasteiger partial charge >= 0.3 is 0 Å². The second-order valence-corrected chi connectivity index (χ2v) is 9.17. The molecule has 24 heavy (non-hydrogen) atoms. The molecule has 0 aromatic heterocycles. The highest BCUT2D eigenvalue weighted by Crippen LogP contribution is 2.02. The summed E-state index contributed by atoms with van der Waals surface area (Å²) >= 11 is 0. The van der Waals surface area contributed by atoms with E-state index in [4.69, 9.17) is 9.47 Å². The average Bonchev–Trinajstić information content (AvgIpc) is 2.44. The molecule has 1 N–H and O–H groups in total. The molecule has 0 fully saturated rings. The third-order valence-corrected chi connectivity index (χ3v) is 4.84. The Labute approximate surface area is 147 Å². The molecule has 0 aliphatic carbocycles. The third-order valence-electron chi connectivity index (χ3n) is 3.16. The summed E-state index contributed by atoms with van der Waals surface area (Å²) in [6.07, 6.45) is 2.46.